The second-order valence-electron chi connectivity index (χ2n) is 4.40. The van der Waals surface area contributed by atoms with Gasteiger partial charge in [0.1, 0.15) is 5.75 Å². The summed E-state index contributed by atoms with van der Waals surface area (Å²) in [5.74, 6) is 0.886. The molecule has 0 aromatic heterocycles. The molecule has 1 aliphatic rings. The second-order valence-corrected chi connectivity index (χ2v) is 4.40. The number of rotatable bonds is 3. The highest BCUT2D eigenvalue weighted by atomic mass is 16.5. The second kappa shape index (κ2) is 5.26. The quantitative estimate of drug-likeness (QED) is 0.738. The third kappa shape index (κ3) is 2.81. The Hall–Kier alpha value is -1.45. The molecule has 0 saturated carbocycles. The van der Waals surface area contributed by atoms with Gasteiger partial charge in [0, 0.05) is 12.5 Å². The Morgan fingerprint density at radius 2 is 2.35 bits per heavy atom. The van der Waals surface area contributed by atoms with E-state index in [9.17, 15) is 4.79 Å². The Kier molecular flexibility index (Phi) is 3.72. The van der Waals surface area contributed by atoms with E-state index >= 15 is 0 Å². The van der Waals surface area contributed by atoms with E-state index in [-0.39, 0.29) is 11.9 Å². The lowest BCUT2D eigenvalue weighted by atomic mass is 9.92. The van der Waals surface area contributed by atoms with Crippen LogP contribution in [-0.4, -0.2) is 31.9 Å². The molecular weight excluding hydrogens is 213 g/mol. The van der Waals surface area contributed by atoms with Gasteiger partial charge in [-0.3, -0.25) is 4.79 Å². The molecule has 17 heavy (non-hydrogen) atoms. The number of amides is 1. The summed E-state index contributed by atoms with van der Waals surface area (Å²) in [5.41, 5.74) is 1.15. The number of methoxy groups -OCH3 is 1. The first-order valence-corrected chi connectivity index (χ1v) is 5.90. The molecule has 1 aromatic carbocycles. The molecule has 88 valence electrons. The first kappa shape index (κ1) is 12.0. The van der Waals surface area contributed by atoms with E-state index in [0.717, 1.165) is 30.6 Å². The van der Waals surface area contributed by atoms with E-state index in [1.807, 2.05) is 24.3 Å². The Morgan fingerprint density at radius 3 is 3.12 bits per heavy atom. The molecule has 1 aromatic rings. The van der Waals surface area contributed by atoms with Crippen LogP contribution in [0.2, 0.25) is 0 Å². The molecule has 1 saturated heterocycles. The largest absolute Gasteiger partial charge is 0.497 e. The maximum Gasteiger partial charge on any atom is 0.230 e. The van der Waals surface area contributed by atoms with Gasteiger partial charge in [0.25, 0.3) is 0 Å². The van der Waals surface area contributed by atoms with E-state index in [4.69, 9.17) is 12.7 Å². The van der Waals surface area contributed by atoms with Crippen molar-refractivity contribution in [1.82, 2.24) is 4.81 Å². The van der Waals surface area contributed by atoms with Gasteiger partial charge in [-0.05, 0) is 37.0 Å². The average Bonchev–Trinajstić information content (AvgIpc) is 2.35. The molecule has 1 unspecified atom stereocenters. The van der Waals surface area contributed by atoms with Crippen molar-refractivity contribution in [2.75, 3.05) is 7.11 Å². The standard InChI is InChI=1S/C13H16BNO2/c1-17-12-6-2-4-10(9-12)8-11-5-3-7-13(16)15(11)14/h2,4,6,9,11H,3,5,7-8H2,1H3. The summed E-state index contributed by atoms with van der Waals surface area (Å²) >= 11 is 0. The summed E-state index contributed by atoms with van der Waals surface area (Å²) in [7, 11) is 7.44. The van der Waals surface area contributed by atoms with Crippen molar-refractivity contribution in [3.05, 3.63) is 29.8 Å². The highest BCUT2D eigenvalue weighted by molar-refractivity contribution is 6.14. The van der Waals surface area contributed by atoms with Gasteiger partial charge in [-0.25, -0.2) is 0 Å². The first-order chi connectivity index (χ1) is 8.20. The number of carbonyl (C=O) groups excluding carboxylic acids is 1. The van der Waals surface area contributed by atoms with Crippen LogP contribution in [0.1, 0.15) is 24.8 Å². The Bertz CT molecular complexity index is 408. The smallest absolute Gasteiger partial charge is 0.230 e. The van der Waals surface area contributed by atoms with Gasteiger partial charge in [-0.15, -0.1) is 0 Å². The lowest BCUT2D eigenvalue weighted by Crippen LogP contribution is -2.42. The predicted octanol–water partition coefficient (Wildman–Crippen LogP) is 1.70. The van der Waals surface area contributed by atoms with Crippen LogP contribution in [0.3, 0.4) is 0 Å². The normalized spacial score (nSPS) is 20.4. The van der Waals surface area contributed by atoms with Crippen molar-refractivity contribution >= 4 is 13.9 Å². The molecule has 1 fully saturated rings. The van der Waals surface area contributed by atoms with E-state index in [1.54, 1.807) is 7.11 Å². The molecular formula is C13H16BNO2. The summed E-state index contributed by atoms with van der Waals surface area (Å²) in [5, 5.41) is 0. The zero-order chi connectivity index (χ0) is 12.3. The first-order valence-electron chi connectivity index (χ1n) is 5.90. The minimum atomic E-state index is 0.0455. The van der Waals surface area contributed by atoms with E-state index in [0.29, 0.717) is 6.42 Å². The monoisotopic (exact) mass is 229 g/mol. The zero-order valence-electron chi connectivity index (χ0n) is 10.1. The maximum atomic E-state index is 11.5. The van der Waals surface area contributed by atoms with Crippen LogP contribution >= 0.6 is 0 Å². The summed E-state index contributed by atoms with van der Waals surface area (Å²) in [4.78, 5) is 12.9. The number of benzene rings is 1. The highest BCUT2D eigenvalue weighted by Gasteiger charge is 2.24. The number of ether oxygens (including phenoxy) is 1. The van der Waals surface area contributed by atoms with Crippen molar-refractivity contribution in [1.29, 1.82) is 0 Å². The van der Waals surface area contributed by atoms with E-state index in [1.165, 1.54) is 4.81 Å². The molecule has 1 atom stereocenters. The predicted molar refractivity (Wildman–Crippen MR) is 66.9 cm³/mol. The third-order valence-corrected chi connectivity index (χ3v) is 3.21. The summed E-state index contributed by atoms with van der Waals surface area (Å²) in [6.07, 6.45) is 3.27. The minimum Gasteiger partial charge on any atom is -0.497 e. The van der Waals surface area contributed by atoms with Crippen molar-refractivity contribution in [2.24, 2.45) is 0 Å². The summed E-state index contributed by atoms with van der Waals surface area (Å²) in [6, 6.07) is 8.01. The van der Waals surface area contributed by atoms with Gasteiger partial charge in [0.05, 0.1) is 7.11 Å². The Labute approximate surface area is 103 Å². The molecule has 0 spiro atoms. The molecule has 0 bridgehead atoms. The van der Waals surface area contributed by atoms with Gasteiger partial charge < -0.3 is 9.55 Å². The fourth-order valence-electron chi connectivity index (χ4n) is 2.23. The van der Waals surface area contributed by atoms with Crippen molar-refractivity contribution < 1.29 is 9.53 Å². The van der Waals surface area contributed by atoms with Crippen LogP contribution < -0.4 is 4.74 Å². The van der Waals surface area contributed by atoms with Crippen molar-refractivity contribution in [3.8, 4) is 5.75 Å². The van der Waals surface area contributed by atoms with Crippen LogP contribution in [0.15, 0.2) is 24.3 Å². The van der Waals surface area contributed by atoms with Crippen LogP contribution in [0, 0.1) is 0 Å². The third-order valence-electron chi connectivity index (χ3n) is 3.21. The van der Waals surface area contributed by atoms with Crippen LogP contribution in [-0.2, 0) is 11.2 Å². The lowest BCUT2D eigenvalue weighted by Gasteiger charge is -2.33. The Balaban J connectivity index is 2.06. The fourth-order valence-corrected chi connectivity index (χ4v) is 2.23. The molecule has 0 N–H and O–H groups in total. The van der Waals surface area contributed by atoms with Gasteiger partial charge in [0.15, 0.2) is 0 Å². The molecule has 3 nitrogen and oxygen atoms in total. The zero-order valence-corrected chi connectivity index (χ0v) is 10.1. The molecule has 0 aliphatic carbocycles. The fraction of sp³-hybridized carbons (Fsp3) is 0.462. The van der Waals surface area contributed by atoms with Crippen molar-refractivity contribution in [3.63, 3.8) is 0 Å². The minimum absolute atomic E-state index is 0.0455. The summed E-state index contributed by atoms with van der Waals surface area (Å²) in [6.45, 7) is 0. The number of hydrogen-bond donors (Lipinski definition) is 0. The SMILES string of the molecule is [B]N1C(=O)CCCC1Cc1cccc(OC)c1. The molecule has 2 rings (SSSR count). The molecule has 2 radical (unpaired) electrons. The van der Waals surface area contributed by atoms with Gasteiger partial charge in [0.2, 0.25) is 13.9 Å². The lowest BCUT2D eigenvalue weighted by molar-refractivity contribution is -0.130. The maximum absolute atomic E-state index is 11.5. The van der Waals surface area contributed by atoms with Crippen LogP contribution in [0.25, 0.3) is 0 Å². The van der Waals surface area contributed by atoms with Crippen molar-refractivity contribution in [2.45, 2.75) is 31.7 Å². The average molecular weight is 229 g/mol. The number of nitrogens with zero attached hydrogens (tertiary/aromatic N) is 1. The highest BCUT2D eigenvalue weighted by Crippen LogP contribution is 2.21. The topological polar surface area (TPSA) is 29.5 Å². The Morgan fingerprint density at radius 1 is 1.53 bits per heavy atom. The van der Waals surface area contributed by atoms with E-state index < -0.39 is 0 Å². The van der Waals surface area contributed by atoms with Gasteiger partial charge in [-0.2, -0.15) is 0 Å². The molecule has 4 heteroatoms. The molecule has 1 aliphatic heterocycles. The number of piperidine rings is 1. The van der Waals surface area contributed by atoms with Crippen LogP contribution in [0.4, 0.5) is 0 Å². The number of hydrogen-bond acceptors (Lipinski definition) is 2. The number of carbonyl (C=O) groups is 1. The van der Waals surface area contributed by atoms with Gasteiger partial charge in [-0.1, -0.05) is 12.1 Å². The van der Waals surface area contributed by atoms with Gasteiger partial charge >= 0.3 is 0 Å². The molecule has 1 amide bonds. The summed E-state index contributed by atoms with van der Waals surface area (Å²) < 4.78 is 5.18. The van der Waals surface area contributed by atoms with Crippen LogP contribution in [0.5, 0.6) is 5.75 Å². The molecule has 1 heterocycles. The van der Waals surface area contributed by atoms with E-state index in [2.05, 4.69) is 0 Å².